The first kappa shape index (κ1) is 16.1. The van der Waals surface area contributed by atoms with Gasteiger partial charge in [-0.3, -0.25) is 0 Å². The third kappa shape index (κ3) is 3.75. The molecule has 0 fully saturated rings. The summed E-state index contributed by atoms with van der Waals surface area (Å²) in [6, 6.07) is 0. The van der Waals surface area contributed by atoms with Crippen molar-refractivity contribution >= 4 is 27.3 Å². The third-order valence-electron chi connectivity index (χ3n) is 2.30. The number of sulfonamides is 1. The predicted molar refractivity (Wildman–Crippen MR) is 72.3 cm³/mol. The SMILES string of the molecule is COCC(C)(C)NS(=O)(=O)c1c(C)csc1C(=O)O. The number of ether oxygens (including phenoxy) is 1. The van der Waals surface area contributed by atoms with Crippen molar-refractivity contribution in [3.63, 3.8) is 0 Å². The second-order valence-corrected chi connectivity index (χ2v) is 7.30. The Balaban J connectivity index is 3.22. The summed E-state index contributed by atoms with van der Waals surface area (Å²) in [5, 5.41) is 10.6. The van der Waals surface area contributed by atoms with Crippen LogP contribution in [0, 0.1) is 6.92 Å². The number of hydrogen-bond donors (Lipinski definition) is 2. The Morgan fingerprint density at radius 3 is 2.58 bits per heavy atom. The predicted octanol–water partition coefficient (Wildman–Crippen LogP) is 1.46. The van der Waals surface area contributed by atoms with Crippen molar-refractivity contribution in [3.05, 3.63) is 15.8 Å². The van der Waals surface area contributed by atoms with Crippen LogP contribution in [0.5, 0.6) is 0 Å². The molecule has 0 aliphatic carbocycles. The number of methoxy groups -OCH3 is 1. The van der Waals surface area contributed by atoms with Crippen molar-refractivity contribution in [3.8, 4) is 0 Å². The summed E-state index contributed by atoms with van der Waals surface area (Å²) in [5.41, 5.74) is -0.402. The van der Waals surface area contributed by atoms with Gasteiger partial charge in [0.1, 0.15) is 9.77 Å². The maximum absolute atomic E-state index is 12.3. The van der Waals surface area contributed by atoms with E-state index in [4.69, 9.17) is 9.84 Å². The monoisotopic (exact) mass is 307 g/mol. The molecular weight excluding hydrogens is 290 g/mol. The zero-order chi connectivity index (χ0) is 14.8. The van der Waals surface area contributed by atoms with Gasteiger partial charge in [-0.25, -0.2) is 17.9 Å². The fourth-order valence-electron chi connectivity index (χ4n) is 1.72. The summed E-state index contributed by atoms with van der Waals surface area (Å²) in [7, 11) is -2.44. The molecule has 1 aromatic heterocycles. The van der Waals surface area contributed by atoms with Crippen LogP contribution in [-0.4, -0.2) is 38.7 Å². The molecule has 0 spiro atoms. The molecule has 0 atom stereocenters. The van der Waals surface area contributed by atoms with Crippen LogP contribution in [0.4, 0.5) is 0 Å². The highest BCUT2D eigenvalue weighted by Gasteiger charge is 2.32. The quantitative estimate of drug-likeness (QED) is 0.830. The van der Waals surface area contributed by atoms with Crippen LogP contribution in [0.3, 0.4) is 0 Å². The standard InChI is InChI=1S/C11H17NO5S2/c1-7-5-18-8(10(13)14)9(7)19(15,16)12-11(2,3)6-17-4/h5,12H,6H2,1-4H3,(H,13,14). The fraction of sp³-hybridized carbons (Fsp3) is 0.545. The number of carboxylic acid groups (broad SMARTS) is 1. The van der Waals surface area contributed by atoms with Crippen LogP contribution in [0.15, 0.2) is 10.3 Å². The van der Waals surface area contributed by atoms with Gasteiger partial charge in [0.2, 0.25) is 10.0 Å². The van der Waals surface area contributed by atoms with E-state index in [0.717, 1.165) is 11.3 Å². The van der Waals surface area contributed by atoms with E-state index >= 15 is 0 Å². The molecule has 0 aliphatic heterocycles. The van der Waals surface area contributed by atoms with E-state index in [2.05, 4.69) is 4.72 Å². The fourth-order valence-corrected chi connectivity index (χ4v) is 4.75. The number of rotatable bonds is 6. The molecule has 0 aliphatic rings. The molecule has 1 heterocycles. The van der Waals surface area contributed by atoms with E-state index in [1.165, 1.54) is 12.5 Å². The van der Waals surface area contributed by atoms with E-state index in [1.807, 2.05) is 0 Å². The Morgan fingerprint density at radius 1 is 1.53 bits per heavy atom. The molecule has 0 amide bonds. The summed E-state index contributed by atoms with van der Waals surface area (Å²) in [4.78, 5) is 10.7. The van der Waals surface area contributed by atoms with E-state index in [-0.39, 0.29) is 16.4 Å². The van der Waals surface area contributed by atoms with Gasteiger partial charge in [-0.2, -0.15) is 0 Å². The number of carboxylic acids is 1. The summed E-state index contributed by atoms with van der Waals surface area (Å²) < 4.78 is 32.0. The first-order valence-electron chi connectivity index (χ1n) is 5.45. The summed E-state index contributed by atoms with van der Waals surface area (Å²) in [5.74, 6) is -1.25. The summed E-state index contributed by atoms with van der Waals surface area (Å²) in [6.07, 6.45) is 0. The van der Waals surface area contributed by atoms with Gasteiger partial charge in [0.15, 0.2) is 0 Å². The number of hydrogen-bond acceptors (Lipinski definition) is 5. The Bertz CT molecular complexity index is 574. The lowest BCUT2D eigenvalue weighted by Gasteiger charge is -2.25. The average Bonchev–Trinajstić information content (AvgIpc) is 2.58. The molecule has 1 rings (SSSR count). The molecule has 108 valence electrons. The molecule has 0 saturated carbocycles. The summed E-state index contributed by atoms with van der Waals surface area (Å²) >= 11 is 0.901. The van der Waals surface area contributed by atoms with Gasteiger partial charge >= 0.3 is 5.97 Å². The van der Waals surface area contributed by atoms with Gasteiger partial charge in [-0.1, -0.05) is 0 Å². The minimum absolute atomic E-state index is 0.172. The first-order chi connectivity index (χ1) is 8.60. The number of aryl methyl sites for hydroxylation is 1. The van der Waals surface area contributed by atoms with Crippen molar-refractivity contribution in [2.24, 2.45) is 0 Å². The molecule has 0 radical (unpaired) electrons. The highest BCUT2D eigenvalue weighted by atomic mass is 32.2. The number of nitrogens with one attached hydrogen (secondary N) is 1. The van der Waals surface area contributed by atoms with E-state index in [1.54, 1.807) is 20.8 Å². The van der Waals surface area contributed by atoms with E-state index < -0.39 is 21.5 Å². The van der Waals surface area contributed by atoms with Crippen molar-refractivity contribution < 1.29 is 23.1 Å². The zero-order valence-electron chi connectivity index (χ0n) is 11.2. The Kier molecular flexibility index (Phi) is 4.72. The van der Waals surface area contributed by atoms with Gasteiger partial charge in [0, 0.05) is 7.11 Å². The molecule has 8 heteroatoms. The van der Waals surface area contributed by atoms with Gasteiger partial charge in [-0.05, 0) is 31.7 Å². The normalized spacial score (nSPS) is 12.6. The van der Waals surface area contributed by atoms with Crippen LogP contribution < -0.4 is 4.72 Å². The third-order valence-corrected chi connectivity index (χ3v) is 5.40. The lowest BCUT2D eigenvalue weighted by Crippen LogP contribution is -2.46. The lowest BCUT2D eigenvalue weighted by molar-refractivity contribution is 0.0698. The van der Waals surface area contributed by atoms with Crippen molar-refractivity contribution in [2.75, 3.05) is 13.7 Å². The molecular formula is C11H17NO5S2. The van der Waals surface area contributed by atoms with Crippen LogP contribution in [0.25, 0.3) is 0 Å². The van der Waals surface area contributed by atoms with Gasteiger partial charge in [0.25, 0.3) is 0 Å². The molecule has 19 heavy (non-hydrogen) atoms. The van der Waals surface area contributed by atoms with Crippen LogP contribution >= 0.6 is 11.3 Å². The molecule has 0 unspecified atom stereocenters. The Morgan fingerprint density at radius 2 is 2.11 bits per heavy atom. The maximum Gasteiger partial charge on any atom is 0.347 e. The zero-order valence-corrected chi connectivity index (χ0v) is 12.8. The largest absolute Gasteiger partial charge is 0.477 e. The molecule has 1 aromatic rings. The molecule has 0 saturated heterocycles. The second kappa shape index (κ2) is 5.58. The molecule has 0 aromatic carbocycles. The van der Waals surface area contributed by atoms with E-state index in [0.29, 0.717) is 5.56 Å². The van der Waals surface area contributed by atoms with Crippen LogP contribution in [0.1, 0.15) is 29.1 Å². The Labute approximate surface area is 116 Å². The minimum Gasteiger partial charge on any atom is -0.477 e. The minimum atomic E-state index is -3.90. The van der Waals surface area contributed by atoms with Crippen LogP contribution in [-0.2, 0) is 14.8 Å². The summed E-state index contributed by atoms with van der Waals surface area (Å²) in [6.45, 7) is 5.07. The van der Waals surface area contributed by atoms with Gasteiger partial charge in [0.05, 0.1) is 12.1 Å². The second-order valence-electron chi connectivity index (χ2n) is 4.80. The Hall–Kier alpha value is -0.960. The van der Waals surface area contributed by atoms with Crippen LogP contribution in [0.2, 0.25) is 0 Å². The molecule has 6 nitrogen and oxygen atoms in total. The number of aromatic carboxylic acids is 1. The van der Waals surface area contributed by atoms with Gasteiger partial charge in [-0.15, -0.1) is 11.3 Å². The van der Waals surface area contributed by atoms with Gasteiger partial charge < -0.3 is 9.84 Å². The highest BCUT2D eigenvalue weighted by Crippen LogP contribution is 2.27. The average molecular weight is 307 g/mol. The maximum atomic E-state index is 12.3. The van der Waals surface area contributed by atoms with Crippen molar-refractivity contribution in [1.82, 2.24) is 4.72 Å². The smallest absolute Gasteiger partial charge is 0.347 e. The van der Waals surface area contributed by atoms with Crippen molar-refractivity contribution in [2.45, 2.75) is 31.2 Å². The highest BCUT2D eigenvalue weighted by molar-refractivity contribution is 7.89. The first-order valence-corrected chi connectivity index (χ1v) is 7.81. The van der Waals surface area contributed by atoms with E-state index in [9.17, 15) is 13.2 Å². The molecule has 2 N–H and O–H groups in total. The number of carbonyl (C=O) groups is 1. The lowest BCUT2D eigenvalue weighted by atomic mass is 10.1. The number of thiophene rings is 1. The van der Waals surface area contributed by atoms with Crippen molar-refractivity contribution in [1.29, 1.82) is 0 Å². The molecule has 0 bridgehead atoms. The topological polar surface area (TPSA) is 92.7 Å².